The lowest BCUT2D eigenvalue weighted by molar-refractivity contribution is 0.0888. The fourth-order valence-corrected chi connectivity index (χ4v) is 2.27. The number of para-hydroxylation sites is 1. The molecule has 0 bridgehead atoms. The first kappa shape index (κ1) is 12.4. The van der Waals surface area contributed by atoms with Gasteiger partial charge in [-0.15, -0.1) is 0 Å². The quantitative estimate of drug-likeness (QED) is 0.862. The molecule has 2 nitrogen and oxygen atoms in total. The Balaban J connectivity index is 2.26. The minimum Gasteiger partial charge on any atom is -0.486 e. The minimum absolute atomic E-state index is 0.174. The summed E-state index contributed by atoms with van der Waals surface area (Å²) in [5.74, 6) is 1.64. The van der Waals surface area contributed by atoms with Gasteiger partial charge in [0.05, 0.1) is 6.04 Å². The molecular weight excluding hydrogens is 210 g/mol. The molecule has 0 aromatic heterocycles. The highest BCUT2D eigenvalue weighted by Crippen LogP contribution is 2.43. The van der Waals surface area contributed by atoms with E-state index in [-0.39, 0.29) is 11.6 Å². The van der Waals surface area contributed by atoms with Crippen LogP contribution in [0.3, 0.4) is 0 Å². The van der Waals surface area contributed by atoms with Crippen LogP contribution in [0.5, 0.6) is 5.75 Å². The van der Waals surface area contributed by atoms with Crippen LogP contribution in [0.25, 0.3) is 0 Å². The maximum atomic E-state index is 6.03. The lowest BCUT2D eigenvalue weighted by atomic mass is 9.92. The van der Waals surface area contributed by atoms with E-state index in [1.807, 2.05) is 6.07 Å². The van der Waals surface area contributed by atoms with Gasteiger partial charge in [-0.3, -0.25) is 0 Å². The molecule has 1 aromatic carbocycles. The molecule has 2 unspecified atom stereocenters. The SMILES string of the molecule is CC(C)C(C)NC1c2ccccc2OC1(C)C. The Morgan fingerprint density at radius 3 is 2.47 bits per heavy atom. The predicted molar refractivity (Wildman–Crippen MR) is 71.3 cm³/mol. The molecule has 0 aliphatic carbocycles. The number of nitrogens with one attached hydrogen (secondary N) is 1. The molecule has 1 aliphatic heterocycles. The lowest BCUT2D eigenvalue weighted by Crippen LogP contribution is -2.44. The van der Waals surface area contributed by atoms with Crippen LogP contribution < -0.4 is 10.1 Å². The average molecular weight is 233 g/mol. The zero-order chi connectivity index (χ0) is 12.6. The Labute approximate surface area is 104 Å². The fourth-order valence-electron chi connectivity index (χ4n) is 2.27. The van der Waals surface area contributed by atoms with E-state index in [9.17, 15) is 0 Å². The van der Waals surface area contributed by atoms with Gasteiger partial charge < -0.3 is 10.1 Å². The van der Waals surface area contributed by atoms with Crippen molar-refractivity contribution in [3.05, 3.63) is 29.8 Å². The second kappa shape index (κ2) is 4.34. The zero-order valence-electron chi connectivity index (χ0n) is 11.4. The molecule has 1 aromatic rings. The maximum absolute atomic E-state index is 6.03. The van der Waals surface area contributed by atoms with Crippen molar-refractivity contribution in [3.8, 4) is 5.75 Å². The van der Waals surface area contributed by atoms with Gasteiger partial charge in [-0.05, 0) is 32.8 Å². The molecule has 0 saturated heterocycles. The Bertz CT molecular complexity index is 398. The Kier molecular flexibility index (Phi) is 3.17. The van der Waals surface area contributed by atoms with Gasteiger partial charge in [-0.1, -0.05) is 32.0 Å². The average Bonchev–Trinajstić information content (AvgIpc) is 2.50. The summed E-state index contributed by atoms with van der Waals surface area (Å²) in [7, 11) is 0. The molecule has 2 rings (SSSR count). The van der Waals surface area contributed by atoms with Crippen molar-refractivity contribution in [2.24, 2.45) is 5.92 Å². The van der Waals surface area contributed by atoms with Crippen molar-refractivity contribution in [2.45, 2.75) is 52.3 Å². The number of hydrogen-bond donors (Lipinski definition) is 1. The van der Waals surface area contributed by atoms with Crippen molar-refractivity contribution < 1.29 is 4.74 Å². The van der Waals surface area contributed by atoms with E-state index in [4.69, 9.17) is 4.74 Å². The van der Waals surface area contributed by atoms with Crippen LogP contribution in [0.2, 0.25) is 0 Å². The number of benzene rings is 1. The maximum Gasteiger partial charge on any atom is 0.125 e. The summed E-state index contributed by atoms with van der Waals surface area (Å²) >= 11 is 0. The van der Waals surface area contributed by atoms with Crippen LogP contribution in [-0.2, 0) is 0 Å². The van der Waals surface area contributed by atoms with Crippen LogP contribution in [-0.4, -0.2) is 11.6 Å². The van der Waals surface area contributed by atoms with E-state index < -0.39 is 0 Å². The molecule has 0 radical (unpaired) electrons. The molecule has 17 heavy (non-hydrogen) atoms. The number of rotatable bonds is 3. The highest BCUT2D eigenvalue weighted by molar-refractivity contribution is 5.42. The van der Waals surface area contributed by atoms with E-state index >= 15 is 0 Å². The molecule has 2 atom stereocenters. The molecule has 0 amide bonds. The summed E-state index contributed by atoms with van der Waals surface area (Å²) in [5.41, 5.74) is 1.11. The van der Waals surface area contributed by atoms with E-state index in [1.165, 1.54) is 5.56 Å². The summed E-state index contributed by atoms with van der Waals surface area (Å²) in [6.45, 7) is 11.0. The highest BCUT2D eigenvalue weighted by atomic mass is 16.5. The third-order valence-electron chi connectivity index (χ3n) is 3.73. The van der Waals surface area contributed by atoms with E-state index in [2.05, 4.69) is 58.1 Å². The summed E-state index contributed by atoms with van der Waals surface area (Å²) in [6.07, 6.45) is 0. The molecule has 0 saturated carbocycles. The van der Waals surface area contributed by atoms with Crippen LogP contribution in [0, 0.1) is 5.92 Å². The second-order valence-corrected chi connectivity index (χ2v) is 5.88. The fraction of sp³-hybridized carbons (Fsp3) is 0.600. The van der Waals surface area contributed by atoms with E-state index in [0.717, 1.165) is 5.75 Å². The van der Waals surface area contributed by atoms with Gasteiger partial charge in [0, 0.05) is 11.6 Å². The highest BCUT2D eigenvalue weighted by Gasteiger charge is 2.41. The van der Waals surface area contributed by atoms with Gasteiger partial charge in [0.2, 0.25) is 0 Å². The second-order valence-electron chi connectivity index (χ2n) is 5.88. The number of fused-ring (bicyclic) bond motifs is 1. The minimum atomic E-state index is -0.174. The molecule has 0 fully saturated rings. The Hall–Kier alpha value is -1.02. The zero-order valence-corrected chi connectivity index (χ0v) is 11.4. The van der Waals surface area contributed by atoms with Gasteiger partial charge in [0.1, 0.15) is 11.4 Å². The topological polar surface area (TPSA) is 21.3 Å². The normalized spacial score (nSPS) is 23.3. The van der Waals surface area contributed by atoms with Crippen LogP contribution in [0.1, 0.15) is 46.2 Å². The van der Waals surface area contributed by atoms with Crippen molar-refractivity contribution in [2.75, 3.05) is 0 Å². The molecule has 0 spiro atoms. The van der Waals surface area contributed by atoms with Gasteiger partial charge in [0.25, 0.3) is 0 Å². The molecule has 1 N–H and O–H groups in total. The first-order chi connectivity index (χ1) is 7.92. The van der Waals surface area contributed by atoms with Crippen LogP contribution in [0.4, 0.5) is 0 Å². The number of ether oxygens (including phenoxy) is 1. The van der Waals surface area contributed by atoms with E-state index in [1.54, 1.807) is 0 Å². The standard InChI is InChI=1S/C15H23NO/c1-10(2)11(3)16-14-12-8-6-7-9-13(12)17-15(14,4)5/h6-11,14,16H,1-5H3. The molecule has 1 heterocycles. The summed E-state index contributed by atoms with van der Waals surface area (Å²) < 4.78 is 6.03. The van der Waals surface area contributed by atoms with E-state index in [0.29, 0.717) is 12.0 Å². The summed E-state index contributed by atoms with van der Waals surface area (Å²) in [6, 6.07) is 9.08. The van der Waals surface area contributed by atoms with Crippen molar-refractivity contribution in [1.29, 1.82) is 0 Å². The predicted octanol–water partition coefficient (Wildman–Crippen LogP) is 3.53. The first-order valence-electron chi connectivity index (χ1n) is 6.46. The smallest absolute Gasteiger partial charge is 0.125 e. The van der Waals surface area contributed by atoms with Gasteiger partial charge >= 0.3 is 0 Å². The van der Waals surface area contributed by atoms with Crippen molar-refractivity contribution >= 4 is 0 Å². The number of hydrogen-bond acceptors (Lipinski definition) is 2. The summed E-state index contributed by atoms with van der Waals surface area (Å²) in [4.78, 5) is 0. The van der Waals surface area contributed by atoms with Crippen molar-refractivity contribution in [1.82, 2.24) is 5.32 Å². The first-order valence-corrected chi connectivity index (χ1v) is 6.46. The largest absolute Gasteiger partial charge is 0.486 e. The van der Waals surface area contributed by atoms with Gasteiger partial charge in [-0.25, -0.2) is 0 Å². The third-order valence-corrected chi connectivity index (χ3v) is 3.73. The van der Waals surface area contributed by atoms with Crippen LogP contribution >= 0.6 is 0 Å². The molecular formula is C15H23NO. The molecule has 1 aliphatic rings. The molecule has 94 valence electrons. The Morgan fingerprint density at radius 2 is 1.82 bits per heavy atom. The molecule has 2 heteroatoms. The lowest BCUT2D eigenvalue weighted by Gasteiger charge is -2.31. The monoisotopic (exact) mass is 233 g/mol. The van der Waals surface area contributed by atoms with Gasteiger partial charge in [0.15, 0.2) is 0 Å². The van der Waals surface area contributed by atoms with Crippen molar-refractivity contribution in [3.63, 3.8) is 0 Å². The van der Waals surface area contributed by atoms with Crippen LogP contribution in [0.15, 0.2) is 24.3 Å². The third kappa shape index (κ3) is 2.32. The Morgan fingerprint density at radius 1 is 1.18 bits per heavy atom. The van der Waals surface area contributed by atoms with Gasteiger partial charge in [-0.2, -0.15) is 0 Å². The summed E-state index contributed by atoms with van der Waals surface area (Å²) in [5, 5.41) is 3.70.